The highest BCUT2D eigenvalue weighted by Crippen LogP contribution is 2.46. The van der Waals surface area contributed by atoms with Gasteiger partial charge in [-0.1, -0.05) is 19.9 Å². The third-order valence-electron chi connectivity index (χ3n) is 5.66. The van der Waals surface area contributed by atoms with Crippen LogP contribution in [0.5, 0.6) is 5.75 Å². The third kappa shape index (κ3) is 3.95. The van der Waals surface area contributed by atoms with Crippen LogP contribution < -0.4 is 9.64 Å². The van der Waals surface area contributed by atoms with Gasteiger partial charge in [0.05, 0.1) is 12.0 Å². The molecular weight excluding hydrogens is 384 g/mol. The maximum absolute atomic E-state index is 12.6. The summed E-state index contributed by atoms with van der Waals surface area (Å²) in [6.45, 7) is 13.8. The van der Waals surface area contributed by atoms with Crippen LogP contribution >= 0.6 is 11.8 Å². The molecular formula is C23H30N2O3S. The average Bonchev–Trinajstić information content (AvgIpc) is 2.92. The van der Waals surface area contributed by atoms with E-state index in [0.29, 0.717) is 16.6 Å². The Hall–Kier alpha value is -2.21. The van der Waals surface area contributed by atoms with E-state index in [2.05, 4.69) is 51.3 Å². The Morgan fingerprint density at radius 2 is 2.07 bits per heavy atom. The molecule has 1 atom stereocenters. The zero-order valence-corrected chi connectivity index (χ0v) is 18.8. The number of ether oxygens (including phenoxy) is 1. The normalized spacial score (nSPS) is 22.2. The van der Waals surface area contributed by atoms with Crippen molar-refractivity contribution in [3.8, 4) is 5.75 Å². The lowest BCUT2D eigenvalue weighted by atomic mass is 9.79. The van der Waals surface area contributed by atoms with Gasteiger partial charge in [0, 0.05) is 35.9 Å². The van der Waals surface area contributed by atoms with Crippen molar-refractivity contribution in [2.45, 2.75) is 52.0 Å². The van der Waals surface area contributed by atoms with Crippen molar-refractivity contribution in [1.29, 1.82) is 0 Å². The molecule has 29 heavy (non-hydrogen) atoms. The van der Waals surface area contributed by atoms with Gasteiger partial charge in [0.2, 0.25) is 0 Å². The monoisotopic (exact) mass is 414 g/mol. The molecule has 2 amide bonds. The van der Waals surface area contributed by atoms with E-state index in [0.717, 1.165) is 36.7 Å². The third-order valence-corrected chi connectivity index (χ3v) is 6.56. The summed E-state index contributed by atoms with van der Waals surface area (Å²) in [7, 11) is 1.64. The summed E-state index contributed by atoms with van der Waals surface area (Å²) >= 11 is 0.967. The van der Waals surface area contributed by atoms with Gasteiger partial charge in [-0.2, -0.15) is 0 Å². The van der Waals surface area contributed by atoms with Gasteiger partial charge in [0.1, 0.15) is 5.75 Å². The molecule has 0 saturated carbocycles. The molecule has 1 saturated heterocycles. The van der Waals surface area contributed by atoms with Gasteiger partial charge in [-0.05, 0) is 62.1 Å². The number of imide groups is 1. The minimum Gasteiger partial charge on any atom is -0.496 e. The standard InChI is InChI=1S/C23H30N2O3S/c1-7-9-24-21(26)20(29-22(24)27)12-16-11-17-15(3)14-23(4,5)25(10-8-2)18(17)13-19(16)28-6/h7,11-13,15H,1,8-10,14H2,2-6H3/b20-12+. The fourth-order valence-corrected chi connectivity index (χ4v) is 5.23. The van der Waals surface area contributed by atoms with E-state index in [4.69, 9.17) is 4.74 Å². The van der Waals surface area contributed by atoms with Crippen molar-refractivity contribution in [2.24, 2.45) is 0 Å². The van der Waals surface area contributed by atoms with Crippen LogP contribution in [0.2, 0.25) is 0 Å². The molecule has 1 aromatic rings. The topological polar surface area (TPSA) is 49.9 Å². The van der Waals surface area contributed by atoms with Crippen LogP contribution in [-0.2, 0) is 4.79 Å². The van der Waals surface area contributed by atoms with Crippen molar-refractivity contribution in [2.75, 3.05) is 25.1 Å². The molecule has 1 unspecified atom stereocenters. The molecule has 0 spiro atoms. The fraction of sp³-hybridized carbons (Fsp3) is 0.478. The summed E-state index contributed by atoms with van der Waals surface area (Å²) < 4.78 is 5.68. The Labute approximate surface area is 177 Å². The number of nitrogens with zero attached hydrogens (tertiary/aromatic N) is 2. The van der Waals surface area contributed by atoms with E-state index in [-0.39, 0.29) is 23.2 Å². The molecule has 5 nitrogen and oxygen atoms in total. The lowest BCUT2D eigenvalue weighted by Gasteiger charge is -2.47. The Kier molecular flexibility index (Phi) is 6.13. The maximum atomic E-state index is 12.6. The predicted octanol–water partition coefficient (Wildman–Crippen LogP) is 5.42. The van der Waals surface area contributed by atoms with E-state index in [9.17, 15) is 9.59 Å². The van der Waals surface area contributed by atoms with E-state index in [1.807, 2.05) is 0 Å². The smallest absolute Gasteiger partial charge is 0.293 e. The van der Waals surface area contributed by atoms with E-state index < -0.39 is 0 Å². The van der Waals surface area contributed by atoms with E-state index in [1.165, 1.54) is 16.2 Å². The van der Waals surface area contributed by atoms with Gasteiger partial charge in [0.15, 0.2) is 0 Å². The predicted molar refractivity (Wildman–Crippen MR) is 121 cm³/mol. The number of thioether (sulfide) groups is 1. The first-order chi connectivity index (χ1) is 13.7. The number of anilines is 1. The van der Waals surface area contributed by atoms with Crippen LogP contribution in [0, 0.1) is 0 Å². The van der Waals surface area contributed by atoms with Crippen LogP contribution in [0.4, 0.5) is 10.5 Å². The first-order valence-electron chi connectivity index (χ1n) is 10.1. The quantitative estimate of drug-likeness (QED) is 0.459. The molecule has 156 valence electrons. The Morgan fingerprint density at radius 1 is 1.34 bits per heavy atom. The molecule has 2 heterocycles. The lowest BCUT2D eigenvalue weighted by Crippen LogP contribution is -2.48. The van der Waals surface area contributed by atoms with Crippen molar-refractivity contribution < 1.29 is 14.3 Å². The highest BCUT2D eigenvalue weighted by molar-refractivity contribution is 8.18. The van der Waals surface area contributed by atoms with Gasteiger partial charge >= 0.3 is 0 Å². The second-order valence-electron chi connectivity index (χ2n) is 8.30. The molecule has 2 aliphatic rings. The molecule has 3 rings (SSSR count). The molecule has 1 aromatic carbocycles. The molecule has 0 N–H and O–H groups in total. The molecule has 0 aliphatic carbocycles. The van der Waals surface area contributed by atoms with Crippen LogP contribution in [0.15, 0.2) is 29.7 Å². The number of fused-ring (bicyclic) bond motifs is 1. The molecule has 0 aromatic heterocycles. The fourth-order valence-electron chi connectivity index (χ4n) is 4.39. The maximum Gasteiger partial charge on any atom is 0.293 e. The van der Waals surface area contributed by atoms with Crippen molar-refractivity contribution in [3.05, 3.63) is 40.8 Å². The summed E-state index contributed by atoms with van der Waals surface area (Å²) in [5.41, 5.74) is 3.36. The number of rotatable bonds is 6. The summed E-state index contributed by atoms with van der Waals surface area (Å²) in [5.74, 6) is 0.828. The molecule has 0 bridgehead atoms. The van der Waals surface area contributed by atoms with Gasteiger partial charge < -0.3 is 9.64 Å². The number of amides is 2. The second kappa shape index (κ2) is 8.27. The van der Waals surface area contributed by atoms with Gasteiger partial charge in [-0.3, -0.25) is 14.5 Å². The first kappa shape index (κ1) is 21.5. The molecule has 0 radical (unpaired) electrons. The minimum atomic E-state index is -0.276. The zero-order valence-electron chi connectivity index (χ0n) is 17.9. The number of hydrogen-bond acceptors (Lipinski definition) is 5. The largest absolute Gasteiger partial charge is 0.496 e. The van der Waals surface area contributed by atoms with Gasteiger partial charge in [-0.15, -0.1) is 6.58 Å². The molecule has 6 heteroatoms. The summed E-state index contributed by atoms with van der Waals surface area (Å²) in [4.78, 5) is 28.8. The highest BCUT2D eigenvalue weighted by Gasteiger charge is 2.37. The number of methoxy groups -OCH3 is 1. The van der Waals surface area contributed by atoms with Crippen LogP contribution in [0.1, 0.15) is 57.6 Å². The van der Waals surface area contributed by atoms with E-state index in [1.54, 1.807) is 19.3 Å². The number of carbonyl (C=O) groups excluding carboxylic acids is 2. The number of hydrogen-bond donors (Lipinski definition) is 0. The Morgan fingerprint density at radius 3 is 2.69 bits per heavy atom. The minimum absolute atomic E-state index is 0.0717. The SMILES string of the molecule is C=CCN1C(=O)S/C(=C/c2cc3c(cc2OC)N(CCC)C(C)(C)CC3C)C1=O. The van der Waals surface area contributed by atoms with Crippen molar-refractivity contribution in [1.82, 2.24) is 4.90 Å². The van der Waals surface area contributed by atoms with Crippen LogP contribution in [0.3, 0.4) is 0 Å². The van der Waals surface area contributed by atoms with Crippen molar-refractivity contribution >= 4 is 34.7 Å². The van der Waals surface area contributed by atoms with Crippen molar-refractivity contribution in [3.63, 3.8) is 0 Å². The van der Waals surface area contributed by atoms with Crippen LogP contribution in [0.25, 0.3) is 6.08 Å². The number of carbonyl (C=O) groups is 2. The van der Waals surface area contributed by atoms with Gasteiger partial charge in [0.25, 0.3) is 11.1 Å². The highest BCUT2D eigenvalue weighted by atomic mass is 32.2. The number of benzene rings is 1. The lowest BCUT2D eigenvalue weighted by molar-refractivity contribution is -0.122. The molecule has 2 aliphatic heterocycles. The summed E-state index contributed by atoms with van der Waals surface area (Å²) in [6.07, 6.45) is 5.47. The summed E-state index contributed by atoms with van der Waals surface area (Å²) in [6, 6.07) is 4.21. The average molecular weight is 415 g/mol. The Bertz CT molecular complexity index is 875. The zero-order chi connectivity index (χ0) is 21.3. The first-order valence-corrected chi connectivity index (χ1v) is 10.9. The Balaban J connectivity index is 2.07. The second-order valence-corrected chi connectivity index (χ2v) is 9.30. The molecule has 1 fully saturated rings. The van der Waals surface area contributed by atoms with E-state index >= 15 is 0 Å². The van der Waals surface area contributed by atoms with Gasteiger partial charge in [-0.25, -0.2) is 0 Å². The van der Waals surface area contributed by atoms with Crippen LogP contribution in [-0.4, -0.2) is 41.8 Å². The summed E-state index contributed by atoms with van der Waals surface area (Å²) in [5, 5.41) is -0.262.